The second-order valence-corrected chi connectivity index (χ2v) is 4.91. The van der Waals surface area contributed by atoms with Crippen LogP contribution in [-0.2, 0) is 5.41 Å². The van der Waals surface area contributed by atoms with Crippen LogP contribution in [0.4, 0.5) is 0 Å². The van der Waals surface area contributed by atoms with Gasteiger partial charge in [-0.2, -0.15) is 5.26 Å². The van der Waals surface area contributed by atoms with Crippen molar-refractivity contribution < 1.29 is 0 Å². The average molecular weight is 206 g/mol. The summed E-state index contributed by atoms with van der Waals surface area (Å²) >= 11 is 1.69. The van der Waals surface area contributed by atoms with E-state index in [1.807, 2.05) is 11.4 Å². The molecular weight excluding hydrogens is 192 g/mol. The van der Waals surface area contributed by atoms with Crippen LogP contribution in [0.2, 0.25) is 0 Å². The third kappa shape index (κ3) is 1.45. The van der Waals surface area contributed by atoms with E-state index < -0.39 is 0 Å². The van der Waals surface area contributed by atoms with Gasteiger partial charge in [-0.1, -0.05) is 12.8 Å². The zero-order valence-electron chi connectivity index (χ0n) is 8.12. The molecular formula is C11H14N2S. The monoisotopic (exact) mass is 206 g/mol. The summed E-state index contributed by atoms with van der Waals surface area (Å²) in [6.07, 6.45) is 4.93. The highest BCUT2D eigenvalue weighted by molar-refractivity contribution is 7.10. The van der Waals surface area contributed by atoms with E-state index in [1.165, 1.54) is 30.6 Å². The molecule has 74 valence electrons. The van der Waals surface area contributed by atoms with Gasteiger partial charge in [-0.15, -0.1) is 11.3 Å². The SMILES string of the molecule is N#Cc1csc(C2(CN)CCCC2)c1. The van der Waals surface area contributed by atoms with E-state index in [4.69, 9.17) is 11.0 Å². The zero-order chi connectivity index (χ0) is 10.0. The Bertz CT molecular complexity index is 356. The van der Waals surface area contributed by atoms with E-state index >= 15 is 0 Å². The minimum atomic E-state index is 0.194. The molecule has 0 radical (unpaired) electrons. The molecule has 0 aliphatic heterocycles. The molecule has 0 saturated heterocycles. The Labute approximate surface area is 88.4 Å². The minimum Gasteiger partial charge on any atom is -0.330 e. The van der Waals surface area contributed by atoms with Crippen LogP contribution in [0.1, 0.15) is 36.1 Å². The first-order valence-corrected chi connectivity index (χ1v) is 5.88. The Morgan fingerprint density at radius 2 is 2.21 bits per heavy atom. The van der Waals surface area contributed by atoms with Crippen LogP contribution in [0.15, 0.2) is 11.4 Å². The number of hydrogen-bond acceptors (Lipinski definition) is 3. The van der Waals surface area contributed by atoms with Crippen LogP contribution < -0.4 is 5.73 Å². The molecule has 1 heterocycles. The zero-order valence-corrected chi connectivity index (χ0v) is 8.94. The average Bonchev–Trinajstić information content (AvgIpc) is 2.87. The summed E-state index contributed by atoms with van der Waals surface area (Å²) in [6.45, 7) is 0.721. The predicted molar refractivity (Wildman–Crippen MR) is 58.2 cm³/mol. The summed E-state index contributed by atoms with van der Waals surface area (Å²) in [4.78, 5) is 1.31. The van der Waals surface area contributed by atoms with Crippen molar-refractivity contribution in [2.75, 3.05) is 6.54 Å². The third-order valence-corrected chi connectivity index (χ3v) is 4.38. The van der Waals surface area contributed by atoms with Gasteiger partial charge in [0.1, 0.15) is 6.07 Å². The van der Waals surface area contributed by atoms with E-state index in [9.17, 15) is 0 Å². The molecule has 1 aromatic heterocycles. The normalized spacial score (nSPS) is 19.4. The summed E-state index contributed by atoms with van der Waals surface area (Å²) in [5.74, 6) is 0. The molecule has 0 unspecified atom stereocenters. The highest BCUT2D eigenvalue weighted by Crippen LogP contribution is 2.42. The van der Waals surface area contributed by atoms with Gasteiger partial charge in [0.05, 0.1) is 5.56 Å². The highest BCUT2D eigenvalue weighted by Gasteiger charge is 2.35. The van der Waals surface area contributed by atoms with Gasteiger partial charge < -0.3 is 5.73 Å². The van der Waals surface area contributed by atoms with E-state index in [0.29, 0.717) is 0 Å². The van der Waals surface area contributed by atoms with Gasteiger partial charge in [-0.3, -0.25) is 0 Å². The number of nitrogens with zero attached hydrogens (tertiary/aromatic N) is 1. The van der Waals surface area contributed by atoms with Crippen LogP contribution in [0.5, 0.6) is 0 Å². The van der Waals surface area contributed by atoms with Crippen molar-refractivity contribution in [2.24, 2.45) is 5.73 Å². The van der Waals surface area contributed by atoms with E-state index in [-0.39, 0.29) is 5.41 Å². The van der Waals surface area contributed by atoms with Crippen LogP contribution >= 0.6 is 11.3 Å². The van der Waals surface area contributed by atoms with Crippen LogP contribution in [-0.4, -0.2) is 6.54 Å². The Balaban J connectivity index is 2.32. The van der Waals surface area contributed by atoms with Crippen LogP contribution in [0.25, 0.3) is 0 Å². The molecule has 0 aromatic carbocycles. The molecule has 3 heteroatoms. The van der Waals surface area contributed by atoms with Crippen molar-refractivity contribution in [1.29, 1.82) is 5.26 Å². The second kappa shape index (κ2) is 3.72. The smallest absolute Gasteiger partial charge is 0.100 e. The first-order chi connectivity index (χ1) is 6.80. The fourth-order valence-electron chi connectivity index (χ4n) is 2.28. The summed E-state index contributed by atoms with van der Waals surface area (Å²) < 4.78 is 0. The number of nitriles is 1. The van der Waals surface area contributed by atoms with Crippen molar-refractivity contribution in [1.82, 2.24) is 0 Å². The maximum absolute atomic E-state index is 8.78. The molecule has 0 atom stereocenters. The third-order valence-electron chi connectivity index (χ3n) is 3.20. The lowest BCUT2D eigenvalue weighted by molar-refractivity contribution is 0.462. The Morgan fingerprint density at radius 3 is 2.71 bits per heavy atom. The molecule has 2 nitrogen and oxygen atoms in total. The summed E-state index contributed by atoms with van der Waals surface area (Å²) in [6, 6.07) is 4.20. The lowest BCUT2D eigenvalue weighted by Crippen LogP contribution is -2.30. The van der Waals surface area contributed by atoms with Gasteiger partial charge >= 0.3 is 0 Å². The quantitative estimate of drug-likeness (QED) is 0.807. The van der Waals surface area contributed by atoms with E-state index in [1.54, 1.807) is 11.3 Å². The maximum Gasteiger partial charge on any atom is 0.100 e. The molecule has 1 aliphatic carbocycles. The first-order valence-electron chi connectivity index (χ1n) is 5.00. The van der Waals surface area contributed by atoms with Crippen molar-refractivity contribution >= 4 is 11.3 Å². The second-order valence-electron chi connectivity index (χ2n) is 4.00. The lowest BCUT2D eigenvalue weighted by atomic mass is 9.84. The van der Waals surface area contributed by atoms with Crippen molar-refractivity contribution in [3.05, 3.63) is 21.9 Å². The molecule has 2 N–H and O–H groups in total. The van der Waals surface area contributed by atoms with Crippen LogP contribution in [0, 0.1) is 11.3 Å². The number of thiophene rings is 1. The van der Waals surface area contributed by atoms with Crippen molar-refractivity contribution in [3.63, 3.8) is 0 Å². The molecule has 2 rings (SSSR count). The highest BCUT2D eigenvalue weighted by atomic mass is 32.1. The molecule has 0 amide bonds. The van der Waals surface area contributed by atoms with Gasteiger partial charge in [0.25, 0.3) is 0 Å². The van der Waals surface area contributed by atoms with Crippen molar-refractivity contribution in [2.45, 2.75) is 31.1 Å². The first kappa shape index (κ1) is 9.70. The molecule has 1 saturated carbocycles. The van der Waals surface area contributed by atoms with Gasteiger partial charge in [0.2, 0.25) is 0 Å². The standard InChI is InChI=1S/C11H14N2S/c12-6-9-5-10(14-7-9)11(8-13)3-1-2-4-11/h5,7H,1-4,8,13H2. The lowest BCUT2D eigenvalue weighted by Gasteiger charge is -2.25. The molecule has 14 heavy (non-hydrogen) atoms. The number of rotatable bonds is 2. The maximum atomic E-state index is 8.78. The van der Waals surface area contributed by atoms with Crippen molar-refractivity contribution in [3.8, 4) is 6.07 Å². The van der Waals surface area contributed by atoms with Gasteiger partial charge in [0, 0.05) is 22.2 Å². The fourth-order valence-corrected chi connectivity index (χ4v) is 3.38. The largest absolute Gasteiger partial charge is 0.330 e. The topological polar surface area (TPSA) is 49.8 Å². The fraction of sp³-hybridized carbons (Fsp3) is 0.545. The van der Waals surface area contributed by atoms with Crippen LogP contribution in [0.3, 0.4) is 0 Å². The molecule has 1 aromatic rings. The summed E-state index contributed by atoms with van der Waals surface area (Å²) in [7, 11) is 0. The summed E-state index contributed by atoms with van der Waals surface area (Å²) in [5, 5.41) is 10.7. The van der Waals surface area contributed by atoms with Gasteiger partial charge in [0.15, 0.2) is 0 Å². The summed E-state index contributed by atoms with van der Waals surface area (Å²) in [5.41, 5.74) is 6.85. The molecule has 1 aliphatic rings. The molecule has 1 fully saturated rings. The van der Waals surface area contributed by atoms with Gasteiger partial charge in [-0.05, 0) is 18.9 Å². The van der Waals surface area contributed by atoms with E-state index in [2.05, 4.69) is 6.07 Å². The minimum absolute atomic E-state index is 0.194. The molecule has 0 bridgehead atoms. The Kier molecular flexibility index (Phi) is 2.58. The van der Waals surface area contributed by atoms with Gasteiger partial charge in [-0.25, -0.2) is 0 Å². The predicted octanol–water partition coefficient (Wildman–Crippen LogP) is 2.39. The Hall–Kier alpha value is -0.850. The Morgan fingerprint density at radius 1 is 1.50 bits per heavy atom. The number of nitrogens with two attached hydrogens (primary N) is 1. The number of hydrogen-bond donors (Lipinski definition) is 1. The molecule has 0 spiro atoms. The van der Waals surface area contributed by atoms with E-state index in [0.717, 1.165) is 12.1 Å².